The molecule has 5 heteroatoms. The highest BCUT2D eigenvalue weighted by molar-refractivity contribution is 6.15. The van der Waals surface area contributed by atoms with Gasteiger partial charge in [-0.15, -0.1) is 0 Å². The number of rotatable bonds is 6. The summed E-state index contributed by atoms with van der Waals surface area (Å²) in [5.41, 5.74) is 1.04. The fourth-order valence-electron chi connectivity index (χ4n) is 3.29. The number of amides is 1. The largest absolute Gasteiger partial charge is 0.352 e. The smallest absolute Gasteiger partial charge is 0.252 e. The van der Waals surface area contributed by atoms with Gasteiger partial charge in [0.2, 0.25) is 0 Å². The quantitative estimate of drug-likeness (QED) is 0.784. The van der Waals surface area contributed by atoms with Crippen LogP contribution in [0, 0.1) is 11.7 Å². The Bertz CT molecular complexity index is 768. The van der Waals surface area contributed by atoms with Crippen LogP contribution >= 0.6 is 0 Å². The molecule has 1 amide bonds. The Hall–Kier alpha value is -2.53. The number of piperidine rings is 1. The van der Waals surface area contributed by atoms with Crippen molar-refractivity contribution in [2.75, 3.05) is 19.6 Å². The van der Waals surface area contributed by atoms with Crippen LogP contribution in [0.15, 0.2) is 48.5 Å². The number of carbonyl (C=O) groups excluding carboxylic acids is 2. The topological polar surface area (TPSA) is 58.2 Å². The van der Waals surface area contributed by atoms with E-state index in [2.05, 4.69) is 10.6 Å². The first-order valence-electron chi connectivity index (χ1n) is 9.03. The predicted molar refractivity (Wildman–Crippen MR) is 98.8 cm³/mol. The number of hydrogen-bond acceptors (Lipinski definition) is 3. The van der Waals surface area contributed by atoms with Crippen LogP contribution in [0.25, 0.3) is 0 Å². The number of carbonyl (C=O) groups is 2. The third-order valence-electron chi connectivity index (χ3n) is 4.76. The number of halogens is 1. The molecule has 0 spiro atoms. The van der Waals surface area contributed by atoms with Gasteiger partial charge in [-0.2, -0.15) is 0 Å². The molecule has 1 aliphatic rings. The predicted octanol–water partition coefficient (Wildman–Crippen LogP) is 3.18. The molecule has 0 bridgehead atoms. The molecule has 0 saturated carbocycles. The van der Waals surface area contributed by atoms with E-state index in [-0.39, 0.29) is 11.7 Å². The van der Waals surface area contributed by atoms with Gasteiger partial charge in [0.15, 0.2) is 5.78 Å². The lowest BCUT2D eigenvalue weighted by molar-refractivity contribution is 0.0939. The molecule has 0 radical (unpaired) electrons. The molecule has 1 unspecified atom stereocenters. The summed E-state index contributed by atoms with van der Waals surface area (Å²) in [5.74, 6) is -0.350. The van der Waals surface area contributed by atoms with Crippen LogP contribution in [-0.2, 0) is 0 Å². The summed E-state index contributed by atoms with van der Waals surface area (Å²) in [6, 6.07) is 12.1. The first kappa shape index (κ1) is 18.3. The van der Waals surface area contributed by atoms with Crippen LogP contribution in [0.3, 0.4) is 0 Å². The first-order valence-corrected chi connectivity index (χ1v) is 9.03. The summed E-state index contributed by atoms with van der Waals surface area (Å²) in [7, 11) is 0. The van der Waals surface area contributed by atoms with E-state index in [9.17, 15) is 14.0 Å². The molecule has 0 aliphatic carbocycles. The highest BCUT2D eigenvalue weighted by Gasteiger charge is 2.18. The lowest BCUT2D eigenvalue weighted by atomic mass is 9.96. The minimum absolute atomic E-state index is 0.250. The summed E-state index contributed by atoms with van der Waals surface area (Å²) in [6.07, 6.45) is 3.28. The van der Waals surface area contributed by atoms with Crippen molar-refractivity contribution in [3.05, 3.63) is 71.0 Å². The van der Waals surface area contributed by atoms with E-state index in [1.807, 2.05) is 0 Å². The zero-order valence-corrected chi connectivity index (χ0v) is 14.6. The van der Waals surface area contributed by atoms with Crippen molar-refractivity contribution in [3.63, 3.8) is 0 Å². The van der Waals surface area contributed by atoms with Crippen molar-refractivity contribution < 1.29 is 14.0 Å². The van der Waals surface area contributed by atoms with Gasteiger partial charge in [-0.3, -0.25) is 9.59 Å². The van der Waals surface area contributed by atoms with E-state index < -0.39 is 5.82 Å². The van der Waals surface area contributed by atoms with Gasteiger partial charge in [-0.1, -0.05) is 18.2 Å². The van der Waals surface area contributed by atoms with Crippen molar-refractivity contribution in [1.82, 2.24) is 10.6 Å². The molecule has 1 saturated heterocycles. The molecule has 1 atom stereocenters. The molecule has 4 nitrogen and oxygen atoms in total. The Kier molecular flexibility index (Phi) is 6.12. The third-order valence-corrected chi connectivity index (χ3v) is 4.76. The van der Waals surface area contributed by atoms with Gasteiger partial charge in [0.05, 0.1) is 5.56 Å². The number of ketones is 1. The van der Waals surface area contributed by atoms with Crippen LogP contribution in [0.2, 0.25) is 0 Å². The lowest BCUT2D eigenvalue weighted by Gasteiger charge is -2.22. The number of benzene rings is 2. The fraction of sp³-hybridized carbons (Fsp3) is 0.333. The molecular formula is C21H23FN2O2. The summed E-state index contributed by atoms with van der Waals surface area (Å²) in [5, 5.41) is 6.29. The standard InChI is InChI=1S/C21H23FN2O2/c22-17-9-7-16(8-10-17)20(25)18-5-1-2-6-19(18)21(26)24-13-11-15-4-3-12-23-14-15/h1-2,5-10,15,23H,3-4,11-14H2,(H,24,26). The van der Waals surface area contributed by atoms with Crippen LogP contribution < -0.4 is 10.6 Å². The fourth-order valence-corrected chi connectivity index (χ4v) is 3.29. The second-order valence-electron chi connectivity index (χ2n) is 6.64. The Morgan fingerprint density at radius 2 is 1.81 bits per heavy atom. The van der Waals surface area contributed by atoms with Crippen molar-refractivity contribution in [2.45, 2.75) is 19.3 Å². The Balaban J connectivity index is 1.66. The zero-order valence-electron chi connectivity index (χ0n) is 14.6. The van der Waals surface area contributed by atoms with Gasteiger partial charge in [0.1, 0.15) is 5.82 Å². The maximum Gasteiger partial charge on any atom is 0.252 e. The van der Waals surface area contributed by atoms with Gasteiger partial charge < -0.3 is 10.6 Å². The van der Waals surface area contributed by atoms with Crippen molar-refractivity contribution >= 4 is 11.7 Å². The molecular weight excluding hydrogens is 331 g/mol. The van der Waals surface area contributed by atoms with Gasteiger partial charge >= 0.3 is 0 Å². The SMILES string of the molecule is O=C(NCCC1CCCNC1)c1ccccc1C(=O)c1ccc(F)cc1. The molecule has 26 heavy (non-hydrogen) atoms. The molecule has 2 aromatic rings. The monoisotopic (exact) mass is 354 g/mol. The average molecular weight is 354 g/mol. The first-order chi connectivity index (χ1) is 12.6. The molecule has 136 valence electrons. The van der Waals surface area contributed by atoms with E-state index in [0.717, 1.165) is 19.5 Å². The highest BCUT2D eigenvalue weighted by Crippen LogP contribution is 2.16. The molecule has 3 rings (SSSR count). The second-order valence-corrected chi connectivity index (χ2v) is 6.64. The lowest BCUT2D eigenvalue weighted by Crippen LogP contribution is -2.33. The zero-order chi connectivity index (χ0) is 18.4. The van der Waals surface area contributed by atoms with E-state index in [1.165, 1.54) is 37.1 Å². The molecule has 1 fully saturated rings. The van der Waals surface area contributed by atoms with Gasteiger partial charge in [-0.25, -0.2) is 4.39 Å². The molecule has 2 N–H and O–H groups in total. The van der Waals surface area contributed by atoms with Gasteiger partial charge in [0, 0.05) is 17.7 Å². The third kappa shape index (κ3) is 4.55. The Morgan fingerprint density at radius 3 is 2.50 bits per heavy atom. The van der Waals surface area contributed by atoms with Crippen molar-refractivity contribution in [3.8, 4) is 0 Å². The van der Waals surface area contributed by atoms with Gasteiger partial charge in [0.25, 0.3) is 5.91 Å². The highest BCUT2D eigenvalue weighted by atomic mass is 19.1. The molecule has 1 heterocycles. The van der Waals surface area contributed by atoms with E-state index in [0.29, 0.717) is 29.2 Å². The number of hydrogen-bond donors (Lipinski definition) is 2. The molecule has 1 aliphatic heterocycles. The Morgan fingerprint density at radius 1 is 1.08 bits per heavy atom. The second kappa shape index (κ2) is 8.72. The van der Waals surface area contributed by atoms with Gasteiger partial charge in [-0.05, 0) is 68.6 Å². The van der Waals surface area contributed by atoms with Crippen molar-refractivity contribution in [2.24, 2.45) is 5.92 Å². The maximum atomic E-state index is 13.1. The molecule has 2 aromatic carbocycles. The molecule has 0 aromatic heterocycles. The minimum atomic E-state index is -0.398. The normalized spacial score (nSPS) is 16.9. The summed E-state index contributed by atoms with van der Waals surface area (Å²) in [6.45, 7) is 2.65. The maximum absolute atomic E-state index is 13.1. The van der Waals surface area contributed by atoms with Crippen molar-refractivity contribution in [1.29, 1.82) is 0 Å². The summed E-state index contributed by atoms with van der Waals surface area (Å²) >= 11 is 0. The van der Waals surface area contributed by atoms with Crippen LogP contribution in [0.5, 0.6) is 0 Å². The summed E-state index contributed by atoms with van der Waals surface area (Å²) in [4.78, 5) is 25.3. The Labute approximate surface area is 152 Å². The van der Waals surface area contributed by atoms with Crippen LogP contribution in [0.1, 0.15) is 45.5 Å². The van der Waals surface area contributed by atoms with Crippen LogP contribution in [0.4, 0.5) is 4.39 Å². The average Bonchev–Trinajstić information content (AvgIpc) is 2.69. The summed E-state index contributed by atoms with van der Waals surface area (Å²) < 4.78 is 13.1. The van der Waals surface area contributed by atoms with E-state index in [4.69, 9.17) is 0 Å². The van der Waals surface area contributed by atoms with E-state index >= 15 is 0 Å². The van der Waals surface area contributed by atoms with E-state index in [1.54, 1.807) is 24.3 Å². The number of nitrogens with one attached hydrogen (secondary N) is 2. The van der Waals surface area contributed by atoms with Crippen LogP contribution in [-0.4, -0.2) is 31.3 Å². The minimum Gasteiger partial charge on any atom is -0.352 e.